The first-order chi connectivity index (χ1) is 6.97. The molecule has 7 heteroatoms. The minimum absolute atomic E-state index is 0.111. The highest BCUT2D eigenvalue weighted by molar-refractivity contribution is 8.15. The highest BCUT2D eigenvalue weighted by Gasteiger charge is 2.15. The monoisotopic (exact) mass is 263 g/mol. The van der Waals surface area contributed by atoms with Gasteiger partial charge in [0, 0.05) is 17.6 Å². The average Bonchev–Trinajstić information content (AvgIpc) is 2.69. The topological polar surface area (TPSA) is 60.2 Å². The van der Waals surface area contributed by atoms with Crippen molar-refractivity contribution in [2.24, 2.45) is 0 Å². The second kappa shape index (κ2) is 3.62. The lowest BCUT2D eigenvalue weighted by Gasteiger charge is -1.87. The zero-order valence-corrected chi connectivity index (χ0v) is 9.99. The van der Waals surface area contributed by atoms with Crippen molar-refractivity contribution in [1.29, 1.82) is 0 Å². The molecule has 0 saturated carbocycles. The van der Waals surface area contributed by atoms with Gasteiger partial charge in [0.2, 0.25) is 0 Å². The molecule has 80 valence electrons. The Morgan fingerprint density at radius 1 is 1.47 bits per heavy atom. The first-order valence-corrected chi connectivity index (χ1v) is 7.06. The predicted molar refractivity (Wildman–Crippen MR) is 57.6 cm³/mol. The Bertz CT molecular complexity index is 585. The van der Waals surface area contributed by atoms with Gasteiger partial charge in [-0.2, -0.15) is 0 Å². The van der Waals surface area contributed by atoms with Crippen LogP contribution in [-0.2, 0) is 9.05 Å². The van der Waals surface area contributed by atoms with Crippen LogP contribution in [0.1, 0.15) is 5.89 Å². The summed E-state index contributed by atoms with van der Waals surface area (Å²) < 4.78 is 27.2. The molecular formula is C8H6ClNO3S2. The maximum Gasteiger partial charge on any atom is 0.270 e. The van der Waals surface area contributed by atoms with Gasteiger partial charge in [-0.3, -0.25) is 0 Å². The SMILES string of the molecule is Cc1nc(-c2ccc(S(=O)(=O)Cl)s2)co1. The molecule has 2 heterocycles. The standard InChI is InChI=1S/C8H6ClNO3S2/c1-5-10-6(4-13-5)7-2-3-8(14-7)15(9,11)12/h2-4H,1H3. The summed E-state index contributed by atoms with van der Waals surface area (Å²) in [6.07, 6.45) is 1.48. The Hall–Kier alpha value is -0.850. The average molecular weight is 264 g/mol. The van der Waals surface area contributed by atoms with E-state index >= 15 is 0 Å². The van der Waals surface area contributed by atoms with Gasteiger partial charge in [-0.1, -0.05) is 0 Å². The van der Waals surface area contributed by atoms with E-state index in [9.17, 15) is 8.42 Å². The highest BCUT2D eigenvalue weighted by Crippen LogP contribution is 2.31. The van der Waals surface area contributed by atoms with Gasteiger partial charge in [-0.05, 0) is 12.1 Å². The van der Waals surface area contributed by atoms with Crippen molar-refractivity contribution < 1.29 is 12.8 Å². The van der Waals surface area contributed by atoms with Crippen molar-refractivity contribution in [3.63, 3.8) is 0 Å². The molecule has 0 aliphatic rings. The number of rotatable bonds is 2. The molecule has 0 unspecified atom stereocenters. The fraction of sp³-hybridized carbons (Fsp3) is 0.125. The van der Waals surface area contributed by atoms with E-state index in [-0.39, 0.29) is 4.21 Å². The number of hydrogen-bond donors (Lipinski definition) is 0. The number of aryl methyl sites for hydroxylation is 1. The Morgan fingerprint density at radius 3 is 2.67 bits per heavy atom. The molecule has 0 aliphatic carbocycles. The first-order valence-electron chi connectivity index (χ1n) is 3.94. The van der Waals surface area contributed by atoms with Gasteiger partial charge >= 0.3 is 0 Å². The van der Waals surface area contributed by atoms with Gasteiger partial charge < -0.3 is 4.42 Å². The largest absolute Gasteiger partial charge is 0.449 e. The molecule has 0 radical (unpaired) electrons. The van der Waals surface area contributed by atoms with Gasteiger partial charge in [-0.15, -0.1) is 11.3 Å². The van der Waals surface area contributed by atoms with Crippen LogP contribution in [0.25, 0.3) is 10.6 Å². The Kier molecular flexibility index (Phi) is 2.57. The Morgan fingerprint density at radius 2 is 2.20 bits per heavy atom. The molecule has 0 N–H and O–H groups in total. The molecular weight excluding hydrogens is 258 g/mol. The van der Waals surface area contributed by atoms with Crippen LogP contribution in [0.4, 0.5) is 0 Å². The van der Waals surface area contributed by atoms with Gasteiger partial charge in [0.1, 0.15) is 16.2 Å². The van der Waals surface area contributed by atoms with Crippen LogP contribution in [0.3, 0.4) is 0 Å². The number of oxazole rings is 1. The van der Waals surface area contributed by atoms with Crippen molar-refractivity contribution >= 4 is 31.1 Å². The van der Waals surface area contributed by atoms with Crippen molar-refractivity contribution in [3.05, 3.63) is 24.3 Å². The second-order valence-corrected chi connectivity index (χ2v) is 6.68. The molecule has 15 heavy (non-hydrogen) atoms. The molecule has 0 bridgehead atoms. The molecule has 0 saturated heterocycles. The highest BCUT2D eigenvalue weighted by atomic mass is 35.7. The van der Waals surface area contributed by atoms with E-state index in [1.54, 1.807) is 13.0 Å². The first kappa shape index (κ1) is 10.7. The lowest BCUT2D eigenvalue weighted by molar-refractivity contribution is 0.521. The summed E-state index contributed by atoms with van der Waals surface area (Å²) in [6, 6.07) is 3.10. The number of thiophene rings is 1. The molecule has 2 aromatic rings. The van der Waals surface area contributed by atoms with Crippen LogP contribution >= 0.6 is 22.0 Å². The lowest BCUT2D eigenvalue weighted by atomic mass is 10.4. The zero-order chi connectivity index (χ0) is 11.1. The number of hydrogen-bond acceptors (Lipinski definition) is 5. The molecule has 0 fully saturated rings. The summed E-state index contributed by atoms with van der Waals surface area (Å²) in [5, 5.41) is 0. The smallest absolute Gasteiger partial charge is 0.270 e. The van der Waals surface area contributed by atoms with Gasteiger partial charge in [-0.25, -0.2) is 13.4 Å². The molecule has 0 spiro atoms. The molecule has 0 aromatic carbocycles. The molecule has 2 aromatic heterocycles. The number of aromatic nitrogens is 1. The van der Waals surface area contributed by atoms with E-state index in [4.69, 9.17) is 15.1 Å². The summed E-state index contributed by atoms with van der Waals surface area (Å²) >= 11 is 1.06. The van der Waals surface area contributed by atoms with Crippen molar-refractivity contribution in [2.75, 3.05) is 0 Å². The van der Waals surface area contributed by atoms with Crippen molar-refractivity contribution in [2.45, 2.75) is 11.1 Å². The van der Waals surface area contributed by atoms with Crippen LogP contribution < -0.4 is 0 Å². The van der Waals surface area contributed by atoms with E-state index in [2.05, 4.69) is 4.98 Å². The third-order valence-electron chi connectivity index (χ3n) is 1.69. The van der Waals surface area contributed by atoms with Crippen LogP contribution in [0, 0.1) is 6.92 Å². The summed E-state index contributed by atoms with van der Waals surface area (Å²) in [6.45, 7) is 1.72. The van der Waals surface area contributed by atoms with Crippen molar-refractivity contribution in [1.82, 2.24) is 4.98 Å². The van der Waals surface area contributed by atoms with E-state index < -0.39 is 9.05 Å². The zero-order valence-electron chi connectivity index (χ0n) is 7.60. The maximum atomic E-state index is 11.0. The summed E-state index contributed by atoms with van der Waals surface area (Å²) in [5.41, 5.74) is 0.615. The molecule has 4 nitrogen and oxygen atoms in total. The Labute approximate surface area is 94.9 Å². The van der Waals surface area contributed by atoms with Crippen LogP contribution in [0.15, 0.2) is 27.0 Å². The molecule has 2 rings (SSSR count). The summed E-state index contributed by atoms with van der Waals surface area (Å²) in [7, 11) is 1.55. The molecule has 0 atom stereocenters. The van der Waals surface area contributed by atoms with Crippen LogP contribution in [-0.4, -0.2) is 13.4 Å². The molecule has 0 amide bonds. The lowest BCUT2D eigenvalue weighted by Crippen LogP contribution is -1.83. The van der Waals surface area contributed by atoms with E-state index in [0.29, 0.717) is 16.5 Å². The molecule has 0 aliphatic heterocycles. The van der Waals surface area contributed by atoms with Gasteiger partial charge in [0.05, 0.1) is 4.88 Å². The van der Waals surface area contributed by atoms with Gasteiger partial charge in [0.25, 0.3) is 9.05 Å². The van der Waals surface area contributed by atoms with Gasteiger partial charge in [0.15, 0.2) is 5.89 Å². The fourth-order valence-corrected chi connectivity index (χ4v) is 3.09. The van der Waals surface area contributed by atoms with Crippen molar-refractivity contribution in [3.8, 4) is 10.6 Å². The maximum absolute atomic E-state index is 11.0. The third kappa shape index (κ3) is 2.22. The minimum atomic E-state index is -3.65. The quantitative estimate of drug-likeness (QED) is 0.782. The second-order valence-electron chi connectivity index (χ2n) is 2.81. The minimum Gasteiger partial charge on any atom is -0.449 e. The normalized spacial score (nSPS) is 11.9. The van der Waals surface area contributed by atoms with Crippen LogP contribution in [0.5, 0.6) is 0 Å². The summed E-state index contributed by atoms with van der Waals surface area (Å²) in [5.74, 6) is 0.536. The van der Waals surface area contributed by atoms with Crippen LogP contribution in [0.2, 0.25) is 0 Å². The van der Waals surface area contributed by atoms with E-state index in [1.807, 2.05) is 0 Å². The number of nitrogens with zero attached hydrogens (tertiary/aromatic N) is 1. The number of halogens is 1. The Balaban J connectivity index is 2.44. The third-order valence-corrected chi connectivity index (χ3v) is 4.89. The summed E-state index contributed by atoms with van der Waals surface area (Å²) in [4.78, 5) is 4.80. The predicted octanol–water partition coefficient (Wildman–Crippen LogP) is 2.64. The van der Waals surface area contributed by atoms with E-state index in [1.165, 1.54) is 12.3 Å². The fourth-order valence-electron chi connectivity index (χ4n) is 1.07. The van der Waals surface area contributed by atoms with E-state index in [0.717, 1.165) is 11.3 Å².